The fourth-order valence-corrected chi connectivity index (χ4v) is 5.06. The molecule has 0 saturated carbocycles. The number of fused-ring (bicyclic) bond motifs is 1. The van der Waals surface area contributed by atoms with E-state index < -0.39 is 11.5 Å². The summed E-state index contributed by atoms with van der Waals surface area (Å²) in [4.78, 5) is 38.2. The van der Waals surface area contributed by atoms with E-state index in [4.69, 9.17) is 14.2 Å². The number of thioether (sulfide) groups is 1. The van der Waals surface area contributed by atoms with Crippen LogP contribution in [0.3, 0.4) is 0 Å². The second-order valence-electron chi connectivity index (χ2n) is 6.26. The molecule has 2 aromatic rings. The summed E-state index contributed by atoms with van der Waals surface area (Å²) in [5, 5.41) is 0. The average Bonchev–Trinajstić information content (AvgIpc) is 3.28. The van der Waals surface area contributed by atoms with Crippen molar-refractivity contribution in [2.75, 3.05) is 31.3 Å². The van der Waals surface area contributed by atoms with Crippen molar-refractivity contribution >= 4 is 34.9 Å². The van der Waals surface area contributed by atoms with Crippen LogP contribution in [0, 0.1) is 5.92 Å². The summed E-state index contributed by atoms with van der Waals surface area (Å²) in [6.07, 6.45) is 3.05. The summed E-state index contributed by atoms with van der Waals surface area (Å²) in [6.45, 7) is 6.34. The second kappa shape index (κ2) is 8.76. The quantitative estimate of drug-likeness (QED) is 0.604. The number of hydrogen-bond donors (Lipinski definition) is 0. The number of carbonyl (C=O) groups is 2. The van der Waals surface area contributed by atoms with Crippen LogP contribution in [0.2, 0.25) is 0 Å². The van der Waals surface area contributed by atoms with Gasteiger partial charge in [-0.3, -0.25) is 9.36 Å². The van der Waals surface area contributed by atoms with Crippen molar-refractivity contribution in [2.24, 2.45) is 5.92 Å². The van der Waals surface area contributed by atoms with Crippen molar-refractivity contribution in [1.29, 1.82) is 0 Å². The van der Waals surface area contributed by atoms with Gasteiger partial charge in [-0.25, -0.2) is 14.8 Å². The monoisotopic (exact) mass is 408 g/mol. The van der Waals surface area contributed by atoms with Crippen LogP contribution in [-0.2, 0) is 24.6 Å². The maximum atomic E-state index is 13.2. The molecule has 1 aliphatic heterocycles. The first-order valence-corrected chi connectivity index (χ1v) is 10.5. The van der Waals surface area contributed by atoms with Crippen LogP contribution in [0.25, 0.3) is 11.2 Å². The lowest BCUT2D eigenvalue weighted by Crippen LogP contribution is -2.49. The van der Waals surface area contributed by atoms with Crippen molar-refractivity contribution in [3.05, 3.63) is 12.7 Å². The number of nitrogens with zero attached hydrogens (tertiary/aromatic N) is 4. The Balaban J connectivity index is 2.10. The largest absolute Gasteiger partial charge is 0.476 e. The zero-order valence-corrected chi connectivity index (χ0v) is 17.0. The number of hydrogen-bond acceptors (Lipinski definition) is 9. The summed E-state index contributed by atoms with van der Waals surface area (Å²) in [7, 11) is 0. The van der Waals surface area contributed by atoms with Crippen molar-refractivity contribution < 1.29 is 23.8 Å². The first-order chi connectivity index (χ1) is 13.6. The summed E-state index contributed by atoms with van der Waals surface area (Å²) < 4.78 is 17.8. The number of imidazole rings is 1. The van der Waals surface area contributed by atoms with Gasteiger partial charge in [0.1, 0.15) is 6.33 Å². The van der Waals surface area contributed by atoms with E-state index in [1.54, 1.807) is 36.5 Å². The molecule has 2 atom stereocenters. The van der Waals surface area contributed by atoms with Crippen molar-refractivity contribution in [2.45, 2.75) is 32.7 Å². The Morgan fingerprint density at radius 1 is 1.18 bits per heavy atom. The molecule has 0 radical (unpaired) electrons. The molecule has 3 heterocycles. The average molecular weight is 408 g/mol. The van der Waals surface area contributed by atoms with E-state index in [9.17, 15) is 9.59 Å². The van der Waals surface area contributed by atoms with E-state index in [2.05, 4.69) is 15.0 Å². The Kier molecular flexibility index (Phi) is 6.38. The molecule has 0 aliphatic carbocycles. The highest BCUT2D eigenvalue weighted by molar-refractivity contribution is 7.99. The van der Waals surface area contributed by atoms with Gasteiger partial charge in [0.05, 0.1) is 32.6 Å². The van der Waals surface area contributed by atoms with E-state index in [0.29, 0.717) is 41.8 Å². The van der Waals surface area contributed by atoms with Gasteiger partial charge in [-0.15, -0.1) is 0 Å². The standard InChI is InChI=1S/C18H24N4O5S/c1-4-25-13(23)7-12-8-28-9-18(12,17(24)27-6-3)22-11-21-14-15(22)19-10-20-16(14)26-5-2/h10-12H,4-9H2,1-3H3. The number of esters is 2. The predicted molar refractivity (Wildman–Crippen MR) is 103 cm³/mol. The van der Waals surface area contributed by atoms with E-state index in [0.717, 1.165) is 0 Å². The first kappa shape index (κ1) is 20.4. The molecule has 1 saturated heterocycles. The lowest BCUT2D eigenvalue weighted by molar-refractivity contribution is -0.156. The molecule has 9 nitrogen and oxygen atoms in total. The van der Waals surface area contributed by atoms with Crippen LogP contribution in [0.15, 0.2) is 12.7 Å². The van der Waals surface area contributed by atoms with E-state index in [-0.39, 0.29) is 24.9 Å². The fourth-order valence-electron chi connectivity index (χ4n) is 3.46. The Morgan fingerprint density at radius 3 is 2.68 bits per heavy atom. The van der Waals surface area contributed by atoms with Gasteiger partial charge in [-0.05, 0) is 26.5 Å². The van der Waals surface area contributed by atoms with Crippen LogP contribution >= 0.6 is 11.8 Å². The molecule has 1 fully saturated rings. The van der Waals surface area contributed by atoms with Crippen molar-refractivity contribution in [1.82, 2.24) is 19.5 Å². The minimum atomic E-state index is -1.10. The van der Waals surface area contributed by atoms with Crippen LogP contribution in [0.1, 0.15) is 27.2 Å². The third kappa shape index (κ3) is 3.52. The summed E-state index contributed by atoms with van der Waals surface area (Å²) in [5.74, 6) is 0.398. The van der Waals surface area contributed by atoms with Gasteiger partial charge in [-0.1, -0.05) is 0 Å². The minimum absolute atomic E-state index is 0.114. The van der Waals surface area contributed by atoms with Crippen molar-refractivity contribution in [3.8, 4) is 5.88 Å². The molecule has 3 rings (SSSR count). The van der Waals surface area contributed by atoms with Crippen LogP contribution in [0.4, 0.5) is 0 Å². The Labute approximate surface area is 167 Å². The molecular formula is C18H24N4O5S. The van der Waals surface area contributed by atoms with Gasteiger partial charge in [0.2, 0.25) is 5.88 Å². The second-order valence-corrected chi connectivity index (χ2v) is 7.29. The summed E-state index contributed by atoms with van der Waals surface area (Å²) in [6, 6.07) is 0. The lowest BCUT2D eigenvalue weighted by Gasteiger charge is -2.33. The third-order valence-corrected chi connectivity index (χ3v) is 5.96. The van der Waals surface area contributed by atoms with Gasteiger partial charge < -0.3 is 14.2 Å². The highest BCUT2D eigenvalue weighted by atomic mass is 32.2. The van der Waals surface area contributed by atoms with Crippen molar-refractivity contribution in [3.63, 3.8) is 0 Å². The number of carbonyl (C=O) groups excluding carboxylic acids is 2. The summed E-state index contributed by atoms with van der Waals surface area (Å²) in [5.41, 5.74) is -0.150. The molecule has 152 valence electrons. The Morgan fingerprint density at radius 2 is 1.96 bits per heavy atom. The molecule has 0 bridgehead atoms. The smallest absolute Gasteiger partial charge is 0.333 e. The van der Waals surface area contributed by atoms with Gasteiger partial charge in [0.25, 0.3) is 0 Å². The maximum Gasteiger partial charge on any atom is 0.333 e. The molecule has 0 aromatic carbocycles. The lowest BCUT2D eigenvalue weighted by atomic mass is 9.84. The molecule has 2 unspecified atom stereocenters. The molecule has 1 aliphatic rings. The van der Waals surface area contributed by atoms with E-state index in [1.165, 1.54) is 6.33 Å². The predicted octanol–water partition coefficient (Wildman–Crippen LogP) is 1.80. The van der Waals surface area contributed by atoms with Crippen LogP contribution in [-0.4, -0.2) is 62.8 Å². The molecule has 10 heteroatoms. The number of rotatable bonds is 8. The first-order valence-electron chi connectivity index (χ1n) is 9.30. The van der Waals surface area contributed by atoms with E-state index >= 15 is 0 Å². The summed E-state index contributed by atoms with van der Waals surface area (Å²) >= 11 is 1.59. The fraction of sp³-hybridized carbons (Fsp3) is 0.611. The maximum absolute atomic E-state index is 13.2. The molecule has 28 heavy (non-hydrogen) atoms. The number of aromatic nitrogens is 4. The molecule has 2 aromatic heterocycles. The van der Waals surface area contributed by atoms with Gasteiger partial charge in [0.15, 0.2) is 16.7 Å². The number of ether oxygens (including phenoxy) is 3. The van der Waals surface area contributed by atoms with Gasteiger partial charge in [0, 0.05) is 11.7 Å². The van der Waals surface area contributed by atoms with Gasteiger partial charge >= 0.3 is 11.9 Å². The van der Waals surface area contributed by atoms with Gasteiger partial charge in [-0.2, -0.15) is 16.7 Å². The normalized spacial score (nSPS) is 21.6. The van der Waals surface area contributed by atoms with E-state index in [1.807, 2.05) is 6.92 Å². The Bertz CT molecular complexity index is 858. The van der Waals surface area contributed by atoms with Crippen LogP contribution < -0.4 is 4.74 Å². The topological polar surface area (TPSA) is 105 Å². The molecule has 0 N–H and O–H groups in total. The zero-order chi connectivity index (χ0) is 20.1. The zero-order valence-electron chi connectivity index (χ0n) is 16.2. The SMILES string of the molecule is CCOC(=O)CC1CSCC1(C(=O)OCC)n1cnc2c(OCC)ncnc21. The highest BCUT2D eigenvalue weighted by Gasteiger charge is 2.54. The molecular weight excluding hydrogens is 384 g/mol. The highest BCUT2D eigenvalue weighted by Crippen LogP contribution is 2.44. The molecule has 0 amide bonds. The Hall–Kier alpha value is -2.36. The van der Waals surface area contributed by atoms with Crippen LogP contribution in [0.5, 0.6) is 5.88 Å². The molecule has 0 spiro atoms. The minimum Gasteiger partial charge on any atom is -0.476 e. The third-order valence-electron chi connectivity index (χ3n) is 4.67.